The Labute approximate surface area is 266 Å². The number of nitrogens with one attached hydrogen (secondary N) is 3. The van der Waals surface area contributed by atoms with Crippen LogP contribution in [0.2, 0.25) is 0 Å². The van der Waals surface area contributed by atoms with Gasteiger partial charge in [-0.05, 0) is 41.7 Å². The topological polar surface area (TPSA) is 162 Å². The Bertz CT molecular complexity index is 1490. The van der Waals surface area contributed by atoms with E-state index in [1.807, 2.05) is 73.7 Å². The number of carbonyl (C=O) groups is 4. The average molecular weight is 632 g/mol. The van der Waals surface area contributed by atoms with E-state index in [2.05, 4.69) is 10.6 Å². The highest BCUT2D eigenvalue weighted by atomic mass is 16.8. The summed E-state index contributed by atoms with van der Waals surface area (Å²) in [7, 11) is 0. The maximum atomic E-state index is 12.4. The summed E-state index contributed by atoms with van der Waals surface area (Å²) < 4.78 is 25.8. The van der Waals surface area contributed by atoms with Crippen molar-refractivity contribution < 1.29 is 42.9 Å². The van der Waals surface area contributed by atoms with Crippen molar-refractivity contribution in [3.63, 3.8) is 0 Å². The SMILES string of the molecule is CCCOC(=O)OC(C)OC(=O)C[C@@H]1C[C@@H](COc2ccc(-c3ccc(C(=N)NC(=O)OCc4ccccc4)cc3)cc2)NC1=O. The Morgan fingerprint density at radius 3 is 2.28 bits per heavy atom. The molecule has 12 heteroatoms. The van der Waals surface area contributed by atoms with Crippen LogP contribution in [0.3, 0.4) is 0 Å². The summed E-state index contributed by atoms with van der Waals surface area (Å²) in [6.45, 7) is 3.77. The van der Waals surface area contributed by atoms with Crippen LogP contribution in [0.1, 0.15) is 44.2 Å². The van der Waals surface area contributed by atoms with E-state index in [1.165, 1.54) is 6.92 Å². The number of amides is 2. The zero-order chi connectivity index (χ0) is 32.9. The van der Waals surface area contributed by atoms with Crippen molar-refractivity contribution in [1.29, 1.82) is 5.41 Å². The van der Waals surface area contributed by atoms with Gasteiger partial charge in [-0.25, -0.2) is 9.59 Å². The number of hydrogen-bond donors (Lipinski definition) is 3. The molecule has 3 atom stereocenters. The van der Waals surface area contributed by atoms with Gasteiger partial charge in [-0.2, -0.15) is 0 Å². The lowest BCUT2D eigenvalue weighted by Crippen LogP contribution is -2.31. The van der Waals surface area contributed by atoms with Crippen LogP contribution < -0.4 is 15.4 Å². The van der Waals surface area contributed by atoms with Gasteiger partial charge in [0.15, 0.2) is 0 Å². The van der Waals surface area contributed by atoms with Crippen LogP contribution in [-0.2, 0) is 35.1 Å². The van der Waals surface area contributed by atoms with Gasteiger partial charge in [0, 0.05) is 12.5 Å². The monoisotopic (exact) mass is 631 g/mol. The Morgan fingerprint density at radius 1 is 0.935 bits per heavy atom. The number of hydrogen-bond acceptors (Lipinski definition) is 10. The quantitative estimate of drug-likeness (QED) is 0.0744. The summed E-state index contributed by atoms with van der Waals surface area (Å²) in [5, 5.41) is 13.5. The van der Waals surface area contributed by atoms with Crippen molar-refractivity contribution in [3.8, 4) is 16.9 Å². The highest BCUT2D eigenvalue weighted by molar-refractivity contribution is 6.04. The van der Waals surface area contributed by atoms with Crippen LogP contribution >= 0.6 is 0 Å². The first kappa shape index (κ1) is 33.5. The Balaban J connectivity index is 1.18. The van der Waals surface area contributed by atoms with Gasteiger partial charge >= 0.3 is 18.2 Å². The van der Waals surface area contributed by atoms with E-state index in [9.17, 15) is 19.2 Å². The fourth-order valence-corrected chi connectivity index (χ4v) is 4.63. The number of alkyl carbamates (subject to hydrolysis) is 1. The first-order chi connectivity index (χ1) is 22.2. The van der Waals surface area contributed by atoms with E-state index in [0.717, 1.165) is 16.7 Å². The molecule has 0 bridgehead atoms. The lowest BCUT2D eigenvalue weighted by atomic mass is 10.0. The van der Waals surface area contributed by atoms with Gasteiger partial charge in [-0.1, -0.05) is 73.7 Å². The predicted octanol–water partition coefficient (Wildman–Crippen LogP) is 5.33. The molecule has 0 spiro atoms. The number of rotatable bonds is 13. The van der Waals surface area contributed by atoms with E-state index in [1.54, 1.807) is 12.1 Å². The highest BCUT2D eigenvalue weighted by Crippen LogP contribution is 2.25. The number of benzene rings is 3. The number of amidine groups is 1. The molecule has 1 unspecified atom stereocenters. The standard InChI is InChI=1S/C34H37N3O9/c1-3-17-42-34(41)46-22(2)45-30(38)19-27-18-28(36-32(27)39)21-43-29-15-13-25(14-16-29)24-9-11-26(12-10-24)31(35)37-33(40)44-20-23-7-5-4-6-8-23/h4-16,22,27-28H,3,17-21H2,1-2H3,(H,36,39)(H2,35,37,40)/t22?,27-,28-/m0/s1. The van der Waals surface area contributed by atoms with Crippen LogP contribution in [0.25, 0.3) is 11.1 Å². The number of esters is 1. The minimum atomic E-state index is -1.13. The predicted molar refractivity (Wildman–Crippen MR) is 167 cm³/mol. The molecule has 1 saturated heterocycles. The molecular formula is C34H37N3O9. The molecule has 3 N–H and O–H groups in total. The van der Waals surface area contributed by atoms with Crippen molar-refractivity contribution in [2.24, 2.45) is 5.92 Å². The summed E-state index contributed by atoms with van der Waals surface area (Å²) in [6.07, 6.45) is -1.88. The van der Waals surface area contributed by atoms with Crippen LogP contribution in [0.4, 0.5) is 9.59 Å². The van der Waals surface area contributed by atoms with E-state index in [0.29, 0.717) is 24.2 Å². The lowest BCUT2D eigenvalue weighted by Gasteiger charge is -2.15. The van der Waals surface area contributed by atoms with Gasteiger partial charge < -0.3 is 29.0 Å². The van der Waals surface area contributed by atoms with Crippen LogP contribution in [0.15, 0.2) is 78.9 Å². The first-order valence-electron chi connectivity index (χ1n) is 14.9. The molecule has 2 amide bonds. The van der Waals surface area contributed by atoms with Gasteiger partial charge in [0.1, 0.15) is 24.8 Å². The largest absolute Gasteiger partial charge is 0.511 e. The van der Waals surface area contributed by atoms with E-state index in [-0.39, 0.29) is 44.0 Å². The summed E-state index contributed by atoms with van der Waals surface area (Å²) in [6, 6.07) is 23.6. The third kappa shape index (κ3) is 10.4. The maximum absolute atomic E-state index is 12.4. The molecule has 1 fully saturated rings. The first-order valence-corrected chi connectivity index (χ1v) is 14.9. The summed E-state index contributed by atoms with van der Waals surface area (Å²) in [5.41, 5.74) is 3.21. The van der Waals surface area contributed by atoms with Crippen molar-refractivity contribution in [1.82, 2.24) is 10.6 Å². The lowest BCUT2D eigenvalue weighted by molar-refractivity contribution is -0.169. The number of ether oxygens (including phenoxy) is 5. The van der Waals surface area contributed by atoms with E-state index < -0.39 is 30.4 Å². The summed E-state index contributed by atoms with van der Waals surface area (Å²) in [4.78, 5) is 48.2. The van der Waals surface area contributed by atoms with Crippen molar-refractivity contribution in [2.75, 3.05) is 13.2 Å². The molecule has 242 valence electrons. The molecule has 3 aromatic carbocycles. The number of carbonyl (C=O) groups excluding carboxylic acids is 4. The molecule has 46 heavy (non-hydrogen) atoms. The Hall–Kier alpha value is -5.39. The molecule has 0 saturated carbocycles. The minimum Gasteiger partial charge on any atom is -0.491 e. The molecule has 0 radical (unpaired) electrons. The molecule has 1 heterocycles. The highest BCUT2D eigenvalue weighted by Gasteiger charge is 2.34. The zero-order valence-electron chi connectivity index (χ0n) is 25.7. The summed E-state index contributed by atoms with van der Waals surface area (Å²) >= 11 is 0. The molecule has 1 aliphatic rings. The van der Waals surface area contributed by atoms with Gasteiger partial charge in [-0.15, -0.1) is 0 Å². The van der Waals surface area contributed by atoms with Gasteiger partial charge in [-0.3, -0.25) is 20.3 Å². The normalized spacial score (nSPS) is 16.0. The molecule has 0 aromatic heterocycles. The van der Waals surface area contributed by atoms with Crippen molar-refractivity contribution >= 4 is 30.0 Å². The summed E-state index contributed by atoms with van der Waals surface area (Å²) in [5.74, 6) is -0.969. The molecule has 4 rings (SSSR count). The fraction of sp³-hybridized carbons (Fsp3) is 0.324. The second-order valence-corrected chi connectivity index (χ2v) is 10.6. The molecule has 12 nitrogen and oxygen atoms in total. The van der Waals surface area contributed by atoms with Gasteiger partial charge in [0.05, 0.1) is 25.0 Å². The van der Waals surface area contributed by atoms with E-state index in [4.69, 9.17) is 29.1 Å². The minimum absolute atomic E-state index is 0.0699. The van der Waals surface area contributed by atoms with E-state index >= 15 is 0 Å². The van der Waals surface area contributed by atoms with Crippen molar-refractivity contribution in [3.05, 3.63) is 90.0 Å². The van der Waals surface area contributed by atoms with Crippen LogP contribution in [0, 0.1) is 11.3 Å². The molecule has 3 aromatic rings. The van der Waals surface area contributed by atoms with Crippen LogP contribution in [0.5, 0.6) is 5.75 Å². The Morgan fingerprint density at radius 2 is 1.61 bits per heavy atom. The maximum Gasteiger partial charge on any atom is 0.511 e. The average Bonchev–Trinajstić information content (AvgIpc) is 3.40. The Kier molecular flexibility index (Phi) is 12.1. The van der Waals surface area contributed by atoms with Gasteiger partial charge in [0.25, 0.3) is 0 Å². The third-order valence-corrected chi connectivity index (χ3v) is 6.94. The second-order valence-electron chi connectivity index (χ2n) is 10.6. The zero-order valence-corrected chi connectivity index (χ0v) is 25.7. The molecule has 0 aliphatic carbocycles. The third-order valence-electron chi connectivity index (χ3n) is 6.94. The molecule has 1 aliphatic heterocycles. The second kappa shape index (κ2) is 16.6. The molecular weight excluding hydrogens is 594 g/mol. The smallest absolute Gasteiger partial charge is 0.491 e. The van der Waals surface area contributed by atoms with Gasteiger partial charge in [0.2, 0.25) is 12.2 Å². The van der Waals surface area contributed by atoms with Crippen molar-refractivity contribution in [2.45, 2.75) is 52.0 Å². The van der Waals surface area contributed by atoms with Crippen LogP contribution in [-0.4, -0.2) is 55.5 Å². The fourth-order valence-electron chi connectivity index (χ4n) is 4.63.